The summed E-state index contributed by atoms with van der Waals surface area (Å²) in [6.07, 6.45) is 2.06. The van der Waals surface area contributed by atoms with Crippen LogP contribution in [0, 0.1) is 5.92 Å². The predicted molar refractivity (Wildman–Crippen MR) is 121 cm³/mol. The third kappa shape index (κ3) is 5.08. The highest BCUT2D eigenvalue weighted by atomic mass is 79.9. The Morgan fingerprint density at radius 3 is 2.35 bits per heavy atom. The molecule has 3 rings (SSSR count). The molecule has 0 saturated carbocycles. The molecule has 2 aromatic carbocycles. The quantitative estimate of drug-likeness (QED) is 0.460. The molecule has 160 valence electrons. The SMILES string of the molecule is CCC1=NN(c2ccc(Br)cc2)C(=O)C1CC(=Cc1ccc(C(=O)OC)cc1)C(=O)O. The molecule has 1 N–H and O–H groups in total. The van der Waals surface area contributed by atoms with Gasteiger partial charge in [-0.2, -0.15) is 5.10 Å². The minimum absolute atomic E-state index is 0.0205. The number of ether oxygens (including phenoxy) is 1. The maximum Gasteiger partial charge on any atom is 0.337 e. The number of rotatable bonds is 7. The van der Waals surface area contributed by atoms with Crippen molar-refractivity contribution >= 4 is 51.3 Å². The highest BCUT2D eigenvalue weighted by Crippen LogP contribution is 2.30. The molecule has 1 aliphatic heterocycles. The number of carboxylic acids is 1. The van der Waals surface area contributed by atoms with Crippen molar-refractivity contribution in [2.75, 3.05) is 12.1 Å². The number of halogens is 1. The first-order valence-electron chi connectivity index (χ1n) is 9.63. The number of amides is 1. The van der Waals surface area contributed by atoms with Gasteiger partial charge >= 0.3 is 11.9 Å². The number of hydrogen-bond acceptors (Lipinski definition) is 5. The van der Waals surface area contributed by atoms with Gasteiger partial charge in [0.2, 0.25) is 0 Å². The van der Waals surface area contributed by atoms with Gasteiger partial charge < -0.3 is 9.84 Å². The number of hydrazone groups is 1. The van der Waals surface area contributed by atoms with E-state index in [-0.39, 0.29) is 17.9 Å². The Kier molecular flexibility index (Phi) is 7.02. The van der Waals surface area contributed by atoms with E-state index >= 15 is 0 Å². The van der Waals surface area contributed by atoms with E-state index in [1.165, 1.54) is 18.2 Å². The van der Waals surface area contributed by atoms with Gasteiger partial charge in [-0.05, 0) is 60.9 Å². The summed E-state index contributed by atoms with van der Waals surface area (Å²) in [7, 11) is 1.29. The number of hydrogen-bond donors (Lipinski definition) is 1. The van der Waals surface area contributed by atoms with Crippen LogP contribution in [-0.2, 0) is 14.3 Å². The largest absolute Gasteiger partial charge is 0.478 e. The molecule has 1 aliphatic rings. The monoisotopic (exact) mass is 484 g/mol. The number of carboxylic acid groups (broad SMARTS) is 1. The van der Waals surface area contributed by atoms with Crippen molar-refractivity contribution in [3.8, 4) is 0 Å². The van der Waals surface area contributed by atoms with Crippen molar-refractivity contribution < 1.29 is 24.2 Å². The number of nitrogens with zero attached hydrogens (tertiary/aromatic N) is 2. The van der Waals surface area contributed by atoms with Gasteiger partial charge in [-0.15, -0.1) is 0 Å². The van der Waals surface area contributed by atoms with Gasteiger partial charge in [0.1, 0.15) is 0 Å². The van der Waals surface area contributed by atoms with Gasteiger partial charge in [0.25, 0.3) is 5.91 Å². The molecule has 2 aromatic rings. The van der Waals surface area contributed by atoms with Gasteiger partial charge in [-0.25, -0.2) is 14.6 Å². The first kappa shape index (κ1) is 22.4. The van der Waals surface area contributed by atoms with Crippen LogP contribution in [0.5, 0.6) is 0 Å². The number of anilines is 1. The third-order valence-corrected chi connectivity index (χ3v) is 5.47. The lowest BCUT2D eigenvalue weighted by Gasteiger charge is -2.15. The van der Waals surface area contributed by atoms with Crippen LogP contribution in [-0.4, -0.2) is 35.8 Å². The summed E-state index contributed by atoms with van der Waals surface area (Å²) in [6, 6.07) is 13.6. The molecule has 1 amide bonds. The van der Waals surface area contributed by atoms with E-state index in [9.17, 15) is 19.5 Å². The van der Waals surface area contributed by atoms with E-state index in [0.717, 1.165) is 4.47 Å². The smallest absolute Gasteiger partial charge is 0.337 e. The maximum absolute atomic E-state index is 13.1. The molecule has 31 heavy (non-hydrogen) atoms. The van der Waals surface area contributed by atoms with Crippen LogP contribution in [0.1, 0.15) is 35.7 Å². The number of methoxy groups -OCH3 is 1. The van der Waals surface area contributed by atoms with Crippen LogP contribution >= 0.6 is 15.9 Å². The number of esters is 1. The lowest BCUT2D eigenvalue weighted by Crippen LogP contribution is -2.28. The molecule has 7 nitrogen and oxygen atoms in total. The Morgan fingerprint density at radius 1 is 1.16 bits per heavy atom. The second-order valence-electron chi connectivity index (χ2n) is 6.92. The Bertz CT molecular complexity index is 1060. The second-order valence-corrected chi connectivity index (χ2v) is 7.83. The van der Waals surface area contributed by atoms with Crippen LogP contribution in [0.4, 0.5) is 5.69 Å². The van der Waals surface area contributed by atoms with Crippen LogP contribution in [0.15, 0.2) is 63.7 Å². The molecule has 0 bridgehead atoms. The molecule has 0 aromatic heterocycles. The fraction of sp³-hybridized carbons (Fsp3) is 0.217. The summed E-state index contributed by atoms with van der Waals surface area (Å²) >= 11 is 3.37. The van der Waals surface area contributed by atoms with Gasteiger partial charge in [-0.1, -0.05) is 35.0 Å². The van der Waals surface area contributed by atoms with Crippen LogP contribution < -0.4 is 5.01 Å². The van der Waals surface area contributed by atoms with Crippen molar-refractivity contribution in [1.29, 1.82) is 0 Å². The fourth-order valence-corrected chi connectivity index (χ4v) is 3.55. The van der Waals surface area contributed by atoms with Crippen LogP contribution in [0.2, 0.25) is 0 Å². The summed E-state index contributed by atoms with van der Waals surface area (Å²) in [5.74, 6) is -2.48. The van der Waals surface area contributed by atoms with E-state index in [2.05, 4.69) is 25.8 Å². The van der Waals surface area contributed by atoms with Crippen molar-refractivity contribution in [3.05, 3.63) is 69.7 Å². The number of carbonyl (C=O) groups is 3. The molecule has 1 heterocycles. The summed E-state index contributed by atoms with van der Waals surface area (Å²) in [5, 5.41) is 15.5. The summed E-state index contributed by atoms with van der Waals surface area (Å²) in [4.78, 5) is 36.5. The minimum atomic E-state index is -1.11. The minimum Gasteiger partial charge on any atom is -0.478 e. The topological polar surface area (TPSA) is 96.3 Å². The summed E-state index contributed by atoms with van der Waals surface area (Å²) in [5.41, 5.74) is 2.33. The van der Waals surface area contributed by atoms with Gasteiger partial charge in [-0.3, -0.25) is 4.79 Å². The van der Waals surface area contributed by atoms with E-state index in [0.29, 0.717) is 28.9 Å². The van der Waals surface area contributed by atoms with Gasteiger partial charge in [0.15, 0.2) is 0 Å². The zero-order valence-electron chi connectivity index (χ0n) is 17.0. The molecule has 1 unspecified atom stereocenters. The molecule has 8 heteroatoms. The molecule has 0 radical (unpaired) electrons. The summed E-state index contributed by atoms with van der Waals surface area (Å²) in [6.45, 7) is 1.89. The molecule has 1 atom stereocenters. The average molecular weight is 485 g/mol. The van der Waals surface area contributed by atoms with Crippen LogP contribution in [0.3, 0.4) is 0 Å². The molecule has 0 spiro atoms. The lowest BCUT2D eigenvalue weighted by molar-refractivity contribution is -0.132. The van der Waals surface area contributed by atoms with E-state index in [4.69, 9.17) is 0 Å². The van der Waals surface area contributed by atoms with E-state index in [1.807, 2.05) is 19.1 Å². The fourth-order valence-electron chi connectivity index (χ4n) is 3.29. The number of benzene rings is 2. The lowest BCUT2D eigenvalue weighted by atomic mass is 9.92. The zero-order valence-corrected chi connectivity index (χ0v) is 18.6. The standard InChI is InChI=1S/C23H21BrN2O5/c1-3-20-19(21(27)26(25-20)18-10-8-17(24)9-11-18)13-16(22(28)29)12-14-4-6-15(7-5-14)23(30)31-2/h4-12,19H,3,13H2,1-2H3,(H,28,29). The van der Waals surface area contributed by atoms with Gasteiger partial charge in [0, 0.05) is 10.0 Å². The highest BCUT2D eigenvalue weighted by Gasteiger charge is 2.37. The van der Waals surface area contributed by atoms with E-state index in [1.54, 1.807) is 36.4 Å². The zero-order chi connectivity index (χ0) is 22.5. The first-order chi connectivity index (χ1) is 14.8. The third-order valence-electron chi connectivity index (χ3n) is 4.94. The first-order valence-corrected chi connectivity index (χ1v) is 10.4. The van der Waals surface area contributed by atoms with Gasteiger partial charge in [0.05, 0.1) is 30.0 Å². The normalized spacial score (nSPS) is 16.3. The molecule has 0 aliphatic carbocycles. The molecule has 0 fully saturated rings. The number of aliphatic carboxylic acids is 1. The highest BCUT2D eigenvalue weighted by molar-refractivity contribution is 9.10. The predicted octanol–water partition coefficient (Wildman–Crippen LogP) is 4.52. The summed E-state index contributed by atoms with van der Waals surface area (Å²) < 4.78 is 5.55. The van der Waals surface area contributed by atoms with Crippen LogP contribution in [0.25, 0.3) is 6.08 Å². The Hall–Kier alpha value is -3.26. The van der Waals surface area contributed by atoms with E-state index < -0.39 is 17.9 Å². The molecular weight excluding hydrogens is 464 g/mol. The van der Waals surface area contributed by atoms with Crippen molar-refractivity contribution in [3.63, 3.8) is 0 Å². The Balaban J connectivity index is 1.85. The molecular formula is C23H21BrN2O5. The second kappa shape index (κ2) is 9.70. The van der Waals surface area contributed by atoms with Crippen molar-refractivity contribution in [1.82, 2.24) is 0 Å². The average Bonchev–Trinajstić information content (AvgIpc) is 3.09. The molecule has 0 saturated heterocycles. The Labute approximate surface area is 188 Å². The maximum atomic E-state index is 13.1. The van der Waals surface area contributed by atoms with Crippen molar-refractivity contribution in [2.24, 2.45) is 11.0 Å². The van der Waals surface area contributed by atoms with Crippen molar-refractivity contribution in [2.45, 2.75) is 19.8 Å². The Morgan fingerprint density at radius 2 is 1.81 bits per heavy atom. The number of carbonyl (C=O) groups excluding carboxylic acids is 2.